The van der Waals surface area contributed by atoms with Crippen molar-refractivity contribution in [2.75, 3.05) is 19.7 Å². The quantitative estimate of drug-likeness (QED) is 0.673. The van der Waals surface area contributed by atoms with Crippen LogP contribution in [-0.2, 0) is 21.2 Å². The summed E-state index contributed by atoms with van der Waals surface area (Å²) in [6.45, 7) is 2.75. The molecule has 0 saturated carbocycles. The van der Waals surface area contributed by atoms with E-state index in [4.69, 9.17) is 16.3 Å². The molecular formula is C24H29ClN2O4S. The molecule has 172 valence electrons. The summed E-state index contributed by atoms with van der Waals surface area (Å²) in [4.78, 5) is 13.0. The molecule has 6 nitrogen and oxygen atoms in total. The van der Waals surface area contributed by atoms with Crippen LogP contribution in [0.1, 0.15) is 49.8 Å². The molecule has 2 aromatic rings. The van der Waals surface area contributed by atoms with Gasteiger partial charge in [0, 0.05) is 24.0 Å². The summed E-state index contributed by atoms with van der Waals surface area (Å²) in [6.07, 6.45) is 4.02. The second-order valence-corrected chi connectivity index (χ2v) is 10.7. The van der Waals surface area contributed by atoms with Gasteiger partial charge in [0.15, 0.2) is 0 Å². The van der Waals surface area contributed by atoms with Crippen LogP contribution in [0.25, 0.3) is 0 Å². The maximum absolute atomic E-state index is 13.3. The Morgan fingerprint density at radius 3 is 2.66 bits per heavy atom. The van der Waals surface area contributed by atoms with Crippen molar-refractivity contribution in [2.45, 2.75) is 50.0 Å². The highest BCUT2D eigenvalue weighted by Crippen LogP contribution is 2.33. The Morgan fingerprint density at radius 1 is 1.16 bits per heavy atom. The van der Waals surface area contributed by atoms with Crippen LogP contribution in [0, 0.1) is 5.92 Å². The topological polar surface area (TPSA) is 75.7 Å². The molecule has 1 fully saturated rings. The molecule has 1 aliphatic heterocycles. The minimum absolute atomic E-state index is 0.0153. The Labute approximate surface area is 195 Å². The number of halogens is 1. The molecule has 1 N–H and O–H groups in total. The minimum Gasteiger partial charge on any atom is -0.492 e. The summed E-state index contributed by atoms with van der Waals surface area (Å²) in [5.41, 5.74) is 2.51. The van der Waals surface area contributed by atoms with Gasteiger partial charge < -0.3 is 10.1 Å². The summed E-state index contributed by atoms with van der Waals surface area (Å²) >= 11 is 6.06. The van der Waals surface area contributed by atoms with Crippen molar-refractivity contribution in [2.24, 2.45) is 5.92 Å². The van der Waals surface area contributed by atoms with Gasteiger partial charge in [-0.25, -0.2) is 8.42 Å². The predicted octanol–water partition coefficient (Wildman–Crippen LogP) is 4.33. The number of benzene rings is 2. The average Bonchev–Trinajstić information content (AvgIpc) is 2.80. The van der Waals surface area contributed by atoms with Gasteiger partial charge in [-0.3, -0.25) is 4.79 Å². The van der Waals surface area contributed by atoms with Crippen LogP contribution >= 0.6 is 11.6 Å². The third-order valence-corrected chi connectivity index (χ3v) is 8.49. The molecular weight excluding hydrogens is 448 g/mol. The fourth-order valence-corrected chi connectivity index (χ4v) is 6.51. The number of nitrogens with zero attached hydrogens (tertiary/aromatic N) is 1. The molecule has 4 rings (SSSR count). The molecule has 1 saturated heterocycles. The molecule has 32 heavy (non-hydrogen) atoms. The Bertz CT molecular complexity index is 1080. The second-order valence-electron chi connectivity index (χ2n) is 8.35. The number of aryl methyl sites for hydroxylation is 1. The Morgan fingerprint density at radius 2 is 1.91 bits per heavy atom. The van der Waals surface area contributed by atoms with Gasteiger partial charge >= 0.3 is 0 Å². The average molecular weight is 477 g/mol. The number of amides is 1. The highest BCUT2D eigenvalue weighted by atomic mass is 35.5. The number of rotatable bonds is 6. The number of ether oxygens (including phenoxy) is 1. The second kappa shape index (κ2) is 9.81. The zero-order valence-electron chi connectivity index (χ0n) is 18.2. The summed E-state index contributed by atoms with van der Waals surface area (Å²) in [5.74, 6) is 0.121. The zero-order chi connectivity index (χ0) is 22.7. The monoisotopic (exact) mass is 476 g/mol. The van der Waals surface area contributed by atoms with Gasteiger partial charge in [0.25, 0.3) is 0 Å². The van der Waals surface area contributed by atoms with Crippen LogP contribution in [0.3, 0.4) is 0 Å². The van der Waals surface area contributed by atoms with Crippen molar-refractivity contribution in [3.05, 3.63) is 58.6 Å². The van der Waals surface area contributed by atoms with Gasteiger partial charge in [0.1, 0.15) is 10.6 Å². The molecule has 1 atom stereocenters. The number of nitrogens with one attached hydrogen (secondary N) is 1. The lowest BCUT2D eigenvalue weighted by Crippen LogP contribution is -2.44. The van der Waals surface area contributed by atoms with Crippen LogP contribution in [0.2, 0.25) is 5.02 Å². The SMILES string of the molecule is CCOc1ccc(Cl)cc1S(=O)(=O)N1CCC(C(=O)N[C@@H]2CCCc3ccccc32)CC1. The maximum atomic E-state index is 13.3. The van der Waals surface area contributed by atoms with E-state index in [-0.39, 0.29) is 22.8 Å². The van der Waals surface area contributed by atoms with E-state index in [1.807, 2.05) is 12.1 Å². The molecule has 1 heterocycles. The minimum atomic E-state index is -3.76. The summed E-state index contributed by atoms with van der Waals surface area (Å²) in [7, 11) is -3.76. The Balaban J connectivity index is 1.41. The van der Waals surface area contributed by atoms with Crippen molar-refractivity contribution in [3.8, 4) is 5.75 Å². The number of piperidine rings is 1. The largest absolute Gasteiger partial charge is 0.492 e. The molecule has 1 amide bonds. The summed E-state index contributed by atoms with van der Waals surface area (Å²) in [6, 6.07) is 12.9. The van der Waals surface area contributed by atoms with Gasteiger partial charge in [-0.2, -0.15) is 4.31 Å². The number of carbonyl (C=O) groups excluding carboxylic acids is 1. The third-order valence-electron chi connectivity index (χ3n) is 6.33. The first-order valence-electron chi connectivity index (χ1n) is 11.2. The third kappa shape index (κ3) is 4.80. The molecule has 0 radical (unpaired) electrons. The van der Waals surface area contributed by atoms with E-state index in [0.717, 1.165) is 19.3 Å². The maximum Gasteiger partial charge on any atom is 0.246 e. The standard InChI is InChI=1S/C24H29ClN2O4S/c1-2-31-22-11-10-19(25)16-23(22)32(29,30)27-14-12-18(13-15-27)24(28)26-21-9-5-7-17-6-3-4-8-20(17)21/h3-4,6,8,10-11,16,18,21H,2,5,7,9,12-15H2,1H3,(H,26,28)/t21-/m1/s1. The van der Waals surface area contributed by atoms with Crippen molar-refractivity contribution < 1.29 is 17.9 Å². The molecule has 0 unspecified atom stereocenters. The lowest BCUT2D eigenvalue weighted by Gasteiger charge is -2.33. The first-order chi connectivity index (χ1) is 15.4. The predicted molar refractivity (Wildman–Crippen MR) is 124 cm³/mol. The smallest absolute Gasteiger partial charge is 0.246 e. The van der Waals surface area contributed by atoms with Crippen LogP contribution in [-0.4, -0.2) is 38.3 Å². The Kier molecular flexibility index (Phi) is 7.08. The highest BCUT2D eigenvalue weighted by molar-refractivity contribution is 7.89. The summed E-state index contributed by atoms with van der Waals surface area (Å²) in [5, 5.41) is 3.56. The van der Waals surface area contributed by atoms with Crippen molar-refractivity contribution in [1.82, 2.24) is 9.62 Å². The lowest BCUT2D eigenvalue weighted by molar-refractivity contribution is -0.127. The van der Waals surface area contributed by atoms with Crippen molar-refractivity contribution in [1.29, 1.82) is 0 Å². The highest BCUT2D eigenvalue weighted by Gasteiger charge is 2.35. The van der Waals surface area contributed by atoms with Gasteiger partial charge in [0.05, 0.1) is 12.6 Å². The normalized spacial score (nSPS) is 19.9. The number of sulfonamides is 1. The van der Waals surface area contributed by atoms with Crippen LogP contribution in [0.5, 0.6) is 5.75 Å². The number of carbonyl (C=O) groups is 1. The van der Waals surface area contributed by atoms with Gasteiger partial charge in [-0.1, -0.05) is 35.9 Å². The van der Waals surface area contributed by atoms with E-state index in [9.17, 15) is 13.2 Å². The fraction of sp³-hybridized carbons (Fsp3) is 0.458. The number of fused-ring (bicyclic) bond motifs is 1. The van der Waals surface area contributed by atoms with Crippen molar-refractivity contribution >= 4 is 27.5 Å². The fourth-order valence-electron chi connectivity index (χ4n) is 4.65. The molecule has 8 heteroatoms. The molecule has 0 aromatic heterocycles. The molecule has 0 bridgehead atoms. The molecule has 2 aliphatic rings. The Hall–Kier alpha value is -2.09. The van der Waals surface area contributed by atoms with E-state index in [1.165, 1.54) is 21.5 Å². The summed E-state index contributed by atoms with van der Waals surface area (Å²) < 4.78 is 33.4. The van der Waals surface area contributed by atoms with E-state index >= 15 is 0 Å². The zero-order valence-corrected chi connectivity index (χ0v) is 19.8. The van der Waals surface area contributed by atoms with Crippen LogP contribution in [0.4, 0.5) is 0 Å². The molecule has 2 aromatic carbocycles. The molecule has 0 spiro atoms. The molecule has 1 aliphatic carbocycles. The van der Waals surface area contributed by atoms with E-state index in [2.05, 4.69) is 17.4 Å². The number of hydrogen-bond acceptors (Lipinski definition) is 4. The van der Waals surface area contributed by atoms with E-state index < -0.39 is 10.0 Å². The van der Waals surface area contributed by atoms with Crippen LogP contribution < -0.4 is 10.1 Å². The van der Waals surface area contributed by atoms with E-state index in [1.54, 1.807) is 19.1 Å². The van der Waals surface area contributed by atoms with E-state index in [0.29, 0.717) is 43.3 Å². The number of hydrogen-bond donors (Lipinski definition) is 1. The first-order valence-corrected chi connectivity index (χ1v) is 13.0. The lowest BCUT2D eigenvalue weighted by atomic mass is 9.87. The van der Waals surface area contributed by atoms with Crippen LogP contribution in [0.15, 0.2) is 47.4 Å². The van der Waals surface area contributed by atoms with Gasteiger partial charge in [0.2, 0.25) is 15.9 Å². The van der Waals surface area contributed by atoms with Crippen molar-refractivity contribution in [3.63, 3.8) is 0 Å². The first kappa shape index (κ1) is 23.1. The van der Waals surface area contributed by atoms with Gasteiger partial charge in [-0.15, -0.1) is 0 Å². The van der Waals surface area contributed by atoms with Gasteiger partial charge in [-0.05, 0) is 68.4 Å².